The molecule has 0 radical (unpaired) electrons. The molecule has 164 valence electrons. The molecule has 11 nitrogen and oxygen atoms in total. The maximum absolute atomic E-state index is 13.1. The standard InChI is InChI=1S/C20H18O11/c21-6-13-15(26)17(28)20(30-13)31-19-16(27)14-11(25)4-8(22)5-12(14)29-18(19)7-1-2-9(23)10(24)3-7/h1-5,13,15,17,20-26,28H,6H2/t13-,15-,17+,20+/m0/s1. The highest BCUT2D eigenvalue weighted by Crippen LogP contribution is 2.39. The van der Waals surface area contributed by atoms with Crippen LogP contribution in [0.4, 0.5) is 0 Å². The number of aromatic hydroxyl groups is 4. The quantitative estimate of drug-likeness (QED) is 0.276. The van der Waals surface area contributed by atoms with Gasteiger partial charge in [0.2, 0.25) is 17.5 Å². The number of hydrogen-bond acceptors (Lipinski definition) is 11. The van der Waals surface area contributed by atoms with Gasteiger partial charge in [-0.15, -0.1) is 0 Å². The first-order chi connectivity index (χ1) is 14.7. The summed E-state index contributed by atoms with van der Waals surface area (Å²) in [6, 6.07) is 5.50. The van der Waals surface area contributed by atoms with Gasteiger partial charge in [-0.25, -0.2) is 0 Å². The smallest absolute Gasteiger partial charge is 0.239 e. The molecule has 7 N–H and O–H groups in total. The first-order valence-corrected chi connectivity index (χ1v) is 9.05. The molecule has 0 spiro atoms. The Bertz CT molecular complexity index is 1200. The Kier molecular flexibility index (Phi) is 5.11. The van der Waals surface area contributed by atoms with E-state index in [1.54, 1.807) is 0 Å². The molecular formula is C20H18O11. The highest BCUT2D eigenvalue weighted by molar-refractivity contribution is 5.88. The second kappa shape index (κ2) is 7.63. The number of phenols is 4. The highest BCUT2D eigenvalue weighted by Gasteiger charge is 2.44. The van der Waals surface area contributed by atoms with Crippen LogP contribution < -0.4 is 10.2 Å². The van der Waals surface area contributed by atoms with Crippen LogP contribution in [0.3, 0.4) is 0 Å². The summed E-state index contributed by atoms with van der Waals surface area (Å²) in [4.78, 5) is 13.1. The van der Waals surface area contributed by atoms with Gasteiger partial charge in [0.1, 0.15) is 40.8 Å². The number of phenolic OH excluding ortho intramolecular Hbond substituents is 4. The number of fused-ring (bicyclic) bond motifs is 1. The van der Waals surface area contributed by atoms with Crippen molar-refractivity contribution in [3.8, 4) is 40.1 Å². The Labute approximate surface area is 173 Å². The molecule has 1 aromatic heterocycles. The Hall–Kier alpha value is -3.51. The van der Waals surface area contributed by atoms with E-state index in [0.29, 0.717) is 0 Å². The molecule has 3 aromatic rings. The van der Waals surface area contributed by atoms with Gasteiger partial charge in [0.25, 0.3) is 0 Å². The molecule has 0 saturated carbocycles. The average molecular weight is 434 g/mol. The van der Waals surface area contributed by atoms with Crippen molar-refractivity contribution >= 4 is 11.0 Å². The largest absolute Gasteiger partial charge is 0.508 e. The predicted molar refractivity (Wildman–Crippen MR) is 103 cm³/mol. The normalized spacial score (nSPS) is 23.3. The van der Waals surface area contributed by atoms with E-state index in [1.807, 2.05) is 0 Å². The van der Waals surface area contributed by atoms with Crippen LogP contribution in [0.5, 0.6) is 28.7 Å². The van der Waals surface area contributed by atoms with Crippen molar-refractivity contribution < 1.29 is 49.6 Å². The zero-order valence-electron chi connectivity index (χ0n) is 15.7. The fraction of sp³-hybridized carbons (Fsp3) is 0.250. The van der Waals surface area contributed by atoms with E-state index in [0.717, 1.165) is 24.3 Å². The number of aliphatic hydroxyl groups is 3. The lowest BCUT2D eigenvalue weighted by Crippen LogP contribution is -2.36. The first-order valence-electron chi connectivity index (χ1n) is 9.05. The molecule has 1 fully saturated rings. The molecule has 1 aliphatic rings. The van der Waals surface area contributed by atoms with Gasteiger partial charge in [-0.05, 0) is 18.2 Å². The third-order valence-electron chi connectivity index (χ3n) is 4.89. The molecule has 1 aliphatic heterocycles. The molecule has 0 unspecified atom stereocenters. The van der Waals surface area contributed by atoms with E-state index >= 15 is 0 Å². The van der Waals surface area contributed by atoms with Crippen molar-refractivity contribution in [1.29, 1.82) is 0 Å². The summed E-state index contributed by atoms with van der Waals surface area (Å²) in [6.45, 7) is -0.622. The second-order valence-electron chi connectivity index (χ2n) is 6.96. The van der Waals surface area contributed by atoms with Crippen molar-refractivity contribution in [3.63, 3.8) is 0 Å². The molecule has 4 atom stereocenters. The zero-order chi connectivity index (χ0) is 22.4. The van der Waals surface area contributed by atoms with Crippen LogP contribution in [0.1, 0.15) is 0 Å². The molecule has 0 bridgehead atoms. The van der Waals surface area contributed by atoms with Gasteiger partial charge >= 0.3 is 0 Å². The number of hydrogen-bond donors (Lipinski definition) is 7. The van der Waals surface area contributed by atoms with E-state index in [1.165, 1.54) is 6.07 Å². The Balaban J connectivity index is 1.92. The molecule has 2 heterocycles. The SMILES string of the molecule is O=c1c(O[C@H]2O[C@@H](CO)[C@H](O)[C@H]2O)c(-c2ccc(O)c(O)c2)oc2cc(O)cc(O)c12. The minimum atomic E-state index is -1.62. The zero-order valence-corrected chi connectivity index (χ0v) is 15.7. The lowest BCUT2D eigenvalue weighted by atomic mass is 10.1. The molecule has 0 amide bonds. The van der Waals surface area contributed by atoms with Crippen molar-refractivity contribution in [2.75, 3.05) is 6.61 Å². The van der Waals surface area contributed by atoms with Gasteiger partial charge in [-0.3, -0.25) is 4.79 Å². The third kappa shape index (κ3) is 3.49. The number of ether oxygens (including phenoxy) is 2. The lowest BCUT2D eigenvalue weighted by molar-refractivity contribution is -0.117. The lowest BCUT2D eigenvalue weighted by Gasteiger charge is -2.19. The van der Waals surface area contributed by atoms with Gasteiger partial charge in [-0.1, -0.05) is 0 Å². The highest BCUT2D eigenvalue weighted by atomic mass is 16.7. The van der Waals surface area contributed by atoms with Gasteiger partial charge in [0, 0.05) is 17.7 Å². The number of aliphatic hydroxyl groups excluding tert-OH is 3. The fourth-order valence-electron chi connectivity index (χ4n) is 3.31. The summed E-state index contributed by atoms with van der Waals surface area (Å²) < 4.78 is 16.4. The summed E-state index contributed by atoms with van der Waals surface area (Å²) in [5, 5.41) is 68.3. The van der Waals surface area contributed by atoms with Crippen LogP contribution in [0.15, 0.2) is 39.5 Å². The van der Waals surface area contributed by atoms with Crippen molar-refractivity contribution in [2.24, 2.45) is 0 Å². The van der Waals surface area contributed by atoms with Crippen LogP contribution in [0.25, 0.3) is 22.3 Å². The Morgan fingerprint density at radius 2 is 1.68 bits per heavy atom. The van der Waals surface area contributed by atoms with Gasteiger partial charge in [0.05, 0.1) is 6.61 Å². The monoisotopic (exact) mass is 434 g/mol. The molecule has 0 aliphatic carbocycles. The third-order valence-corrected chi connectivity index (χ3v) is 4.89. The van der Waals surface area contributed by atoms with E-state index < -0.39 is 59.6 Å². The van der Waals surface area contributed by atoms with Crippen molar-refractivity contribution in [1.82, 2.24) is 0 Å². The second-order valence-corrected chi connectivity index (χ2v) is 6.96. The fourth-order valence-corrected chi connectivity index (χ4v) is 3.31. The molecule has 2 aromatic carbocycles. The maximum atomic E-state index is 13.1. The topological polar surface area (TPSA) is 190 Å². The maximum Gasteiger partial charge on any atom is 0.239 e. The van der Waals surface area contributed by atoms with Crippen LogP contribution in [0.2, 0.25) is 0 Å². The number of benzene rings is 2. The van der Waals surface area contributed by atoms with Gasteiger partial charge in [0.15, 0.2) is 17.3 Å². The molecular weight excluding hydrogens is 416 g/mol. The molecule has 31 heavy (non-hydrogen) atoms. The number of rotatable bonds is 4. The van der Waals surface area contributed by atoms with E-state index in [4.69, 9.17) is 13.9 Å². The summed E-state index contributed by atoms with van der Waals surface area (Å²) >= 11 is 0. The predicted octanol–water partition coefficient (Wildman–Crippen LogP) is 0.100. The van der Waals surface area contributed by atoms with Gasteiger partial charge < -0.3 is 49.6 Å². The Morgan fingerprint density at radius 3 is 2.32 bits per heavy atom. The molecule has 1 saturated heterocycles. The molecule has 4 rings (SSSR count). The van der Waals surface area contributed by atoms with Crippen LogP contribution >= 0.6 is 0 Å². The van der Waals surface area contributed by atoms with Crippen LogP contribution in [0, 0.1) is 0 Å². The minimum Gasteiger partial charge on any atom is -0.508 e. The van der Waals surface area contributed by atoms with E-state index in [9.17, 15) is 40.5 Å². The first kappa shape index (κ1) is 20.8. The van der Waals surface area contributed by atoms with Crippen molar-refractivity contribution in [3.05, 3.63) is 40.6 Å². The van der Waals surface area contributed by atoms with E-state index in [-0.39, 0.29) is 28.0 Å². The average Bonchev–Trinajstić information content (AvgIpc) is 2.99. The van der Waals surface area contributed by atoms with Crippen LogP contribution in [-0.2, 0) is 4.74 Å². The minimum absolute atomic E-state index is 0.0684. The van der Waals surface area contributed by atoms with Crippen molar-refractivity contribution in [2.45, 2.75) is 24.6 Å². The summed E-state index contributed by atoms with van der Waals surface area (Å²) in [5.74, 6) is -2.78. The van der Waals surface area contributed by atoms with Gasteiger partial charge in [-0.2, -0.15) is 0 Å². The van der Waals surface area contributed by atoms with E-state index in [2.05, 4.69) is 0 Å². The summed E-state index contributed by atoms with van der Waals surface area (Å²) in [5.41, 5.74) is -1.04. The summed E-state index contributed by atoms with van der Waals surface area (Å²) in [6.07, 6.45) is -5.86. The molecule has 11 heteroatoms. The summed E-state index contributed by atoms with van der Waals surface area (Å²) in [7, 11) is 0. The Morgan fingerprint density at radius 1 is 0.935 bits per heavy atom. The van der Waals surface area contributed by atoms with Crippen LogP contribution in [-0.4, -0.2) is 67.0 Å².